The number of hydrogen-bond acceptors (Lipinski definition) is 3. The van der Waals surface area contributed by atoms with E-state index >= 15 is 0 Å². The standard InChI is InChI=1S/C9H8O4/c10-7-3-1-6(5-8(7)11)2-4-9(12)13/h1-5,10-11H,(H,12,13)/i2+1,4+1,9+1. The molecule has 1 aromatic rings. The molecule has 0 aliphatic rings. The van der Waals surface area contributed by atoms with Gasteiger partial charge in [-0.3, -0.25) is 0 Å². The molecule has 0 amide bonds. The molecule has 0 saturated carbocycles. The lowest BCUT2D eigenvalue weighted by molar-refractivity contribution is -0.131. The molecule has 0 unspecified atom stereocenters. The smallest absolute Gasteiger partial charge is 0.328 e. The molecule has 13 heavy (non-hydrogen) atoms. The molecule has 1 aromatic carbocycles. The maximum Gasteiger partial charge on any atom is 0.328 e. The molecule has 0 radical (unpaired) electrons. The van der Waals surface area contributed by atoms with Crippen LogP contribution in [0.4, 0.5) is 0 Å². The number of aromatic hydroxyl groups is 2. The summed E-state index contributed by atoms with van der Waals surface area (Å²) >= 11 is 0. The summed E-state index contributed by atoms with van der Waals surface area (Å²) in [5, 5.41) is 26.3. The van der Waals surface area contributed by atoms with Crippen LogP contribution in [-0.2, 0) is 4.79 Å². The van der Waals surface area contributed by atoms with E-state index in [1.54, 1.807) is 0 Å². The highest BCUT2D eigenvalue weighted by Gasteiger charge is 1.97. The number of aliphatic carboxylic acids is 1. The van der Waals surface area contributed by atoms with Gasteiger partial charge < -0.3 is 15.3 Å². The fourth-order valence-corrected chi connectivity index (χ4v) is 0.812. The number of carboxylic acids is 1. The van der Waals surface area contributed by atoms with Crippen LogP contribution in [0.2, 0.25) is 0 Å². The lowest BCUT2D eigenvalue weighted by Gasteiger charge is -1.97. The summed E-state index contributed by atoms with van der Waals surface area (Å²) in [4.78, 5) is 10.1. The van der Waals surface area contributed by atoms with Gasteiger partial charge in [-0.2, -0.15) is 0 Å². The minimum atomic E-state index is -1.06. The van der Waals surface area contributed by atoms with Crippen molar-refractivity contribution in [1.29, 1.82) is 0 Å². The highest BCUT2D eigenvalue weighted by Crippen LogP contribution is 2.25. The van der Waals surface area contributed by atoms with Crippen molar-refractivity contribution in [2.24, 2.45) is 0 Å². The summed E-state index contributed by atoms with van der Waals surface area (Å²) < 4.78 is 0. The summed E-state index contributed by atoms with van der Waals surface area (Å²) in [6.45, 7) is 0. The number of hydrogen-bond donors (Lipinski definition) is 3. The lowest BCUT2D eigenvalue weighted by Crippen LogP contribution is -1.85. The van der Waals surface area contributed by atoms with Crippen LogP contribution in [-0.4, -0.2) is 21.3 Å². The fourth-order valence-electron chi connectivity index (χ4n) is 0.812. The predicted molar refractivity (Wildman–Crippen MR) is 46.4 cm³/mol. The summed E-state index contributed by atoms with van der Waals surface area (Å²) in [5.41, 5.74) is 0.512. The van der Waals surface area contributed by atoms with Gasteiger partial charge in [0.05, 0.1) is 0 Å². The molecule has 68 valence electrons. The summed E-state index contributed by atoms with van der Waals surface area (Å²) in [6, 6.07) is 4.06. The predicted octanol–water partition coefficient (Wildman–Crippen LogP) is 1.20. The third-order valence-corrected chi connectivity index (χ3v) is 1.42. The molecule has 0 aliphatic heterocycles. The topological polar surface area (TPSA) is 77.8 Å². The number of carboxylic acid groups (broad SMARTS) is 1. The summed E-state index contributed by atoms with van der Waals surface area (Å²) in [7, 11) is 0. The molecule has 3 N–H and O–H groups in total. The summed E-state index contributed by atoms with van der Waals surface area (Å²) in [5.74, 6) is -1.56. The average Bonchev–Trinajstić information content (AvgIpc) is 2.07. The Balaban J connectivity index is 2.92. The van der Waals surface area contributed by atoms with E-state index in [9.17, 15) is 4.79 Å². The van der Waals surface area contributed by atoms with E-state index in [0.29, 0.717) is 5.56 Å². The number of benzene rings is 1. The Hall–Kier alpha value is -1.97. The van der Waals surface area contributed by atoms with Crippen LogP contribution < -0.4 is 0 Å². The summed E-state index contributed by atoms with van der Waals surface area (Å²) in [6.07, 6.45) is 2.27. The Labute approximate surface area is 74.4 Å². The quantitative estimate of drug-likeness (QED) is 0.365. The van der Waals surface area contributed by atoms with Crippen LogP contribution in [0.3, 0.4) is 0 Å². The van der Waals surface area contributed by atoms with Gasteiger partial charge in [-0.15, -0.1) is 0 Å². The normalized spacial score (nSPS) is 10.5. The van der Waals surface area contributed by atoms with E-state index in [2.05, 4.69) is 0 Å². The second kappa shape index (κ2) is 3.62. The number of phenols is 2. The van der Waals surface area contributed by atoms with Crippen molar-refractivity contribution in [3.05, 3.63) is 29.8 Å². The van der Waals surface area contributed by atoms with Crippen LogP contribution in [0.1, 0.15) is 5.56 Å². The van der Waals surface area contributed by atoms with E-state index in [4.69, 9.17) is 15.3 Å². The molecule has 0 aliphatic carbocycles. The highest BCUT2D eigenvalue weighted by molar-refractivity contribution is 5.85. The second-order valence-electron chi connectivity index (χ2n) is 2.42. The van der Waals surface area contributed by atoms with Crippen LogP contribution >= 0.6 is 0 Å². The van der Waals surface area contributed by atoms with Crippen LogP contribution in [0, 0.1) is 0 Å². The first-order chi connectivity index (χ1) is 6.09. The van der Waals surface area contributed by atoms with Gasteiger partial charge in [0, 0.05) is 6.08 Å². The first-order valence-electron chi connectivity index (χ1n) is 3.52. The fraction of sp³-hybridized carbons (Fsp3) is 0. The molecule has 0 spiro atoms. The zero-order valence-electron chi connectivity index (χ0n) is 6.64. The maximum absolute atomic E-state index is 10.1. The van der Waals surface area contributed by atoms with Gasteiger partial charge in [-0.05, 0) is 23.8 Å². The molecule has 0 heterocycles. The van der Waals surface area contributed by atoms with Gasteiger partial charge in [0.2, 0.25) is 0 Å². The van der Waals surface area contributed by atoms with Gasteiger partial charge in [-0.1, -0.05) is 6.07 Å². The molecule has 0 saturated heterocycles. The van der Waals surface area contributed by atoms with E-state index in [1.807, 2.05) is 0 Å². The minimum Gasteiger partial charge on any atom is -0.504 e. The van der Waals surface area contributed by atoms with Gasteiger partial charge >= 0.3 is 5.97 Å². The van der Waals surface area contributed by atoms with Crippen molar-refractivity contribution >= 4 is 12.0 Å². The second-order valence-corrected chi connectivity index (χ2v) is 2.42. The zero-order valence-corrected chi connectivity index (χ0v) is 6.64. The molecule has 0 bridgehead atoms. The van der Waals surface area contributed by atoms with Crippen molar-refractivity contribution in [2.45, 2.75) is 0 Å². The number of rotatable bonds is 2. The molecule has 4 heteroatoms. The maximum atomic E-state index is 10.1. The number of phenolic OH excluding ortho intramolecular Hbond substituents is 2. The van der Waals surface area contributed by atoms with Crippen LogP contribution in [0.25, 0.3) is 6.08 Å². The molecule has 4 nitrogen and oxygen atoms in total. The number of carbonyl (C=O) groups is 1. The molecular weight excluding hydrogens is 175 g/mol. The van der Waals surface area contributed by atoms with Crippen molar-refractivity contribution < 1.29 is 20.1 Å². The van der Waals surface area contributed by atoms with Gasteiger partial charge in [-0.25, -0.2) is 4.79 Å². The Morgan fingerprint density at radius 3 is 2.46 bits per heavy atom. The molecule has 0 atom stereocenters. The first-order valence-corrected chi connectivity index (χ1v) is 3.52. The highest BCUT2D eigenvalue weighted by atomic mass is 16.5. The molecular formula is C9H8O4. The molecule has 0 aromatic heterocycles. The van der Waals surface area contributed by atoms with E-state index in [1.165, 1.54) is 24.3 Å². The SMILES string of the molecule is O=[13C](O)[13CH]=[13CH]c1ccc(O)c(O)c1. The third-order valence-electron chi connectivity index (χ3n) is 1.42. The minimum absolute atomic E-state index is 0.229. The Bertz CT molecular complexity index is 355. The van der Waals surface area contributed by atoms with Crippen LogP contribution in [0.5, 0.6) is 11.5 Å². The largest absolute Gasteiger partial charge is 0.504 e. The van der Waals surface area contributed by atoms with Crippen molar-refractivity contribution in [2.75, 3.05) is 0 Å². The zero-order chi connectivity index (χ0) is 9.84. The Morgan fingerprint density at radius 2 is 1.92 bits per heavy atom. The average molecular weight is 183 g/mol. The van der Waals surface area contributed by atoms with Crippen molar-refractivity contribution in [1.82, 2.24) is 0 Å². The lowest BCUT2D eigenvalue weighted by atomic mass is 10.2. The van der Waals surface area contributed by atoms with Crippen molar-refractivity contribution in [3.8, 4) is 11.5 Å². The van der Waals surface area contributed by atoms with Crippen LogP contribution in [0.15, 0.2) is 24.3 Å². The van der Waals surface area contributed by atoms with Gasteiger partial charge in [0.1, 0.15) is 0 Å². The molecule has 0 fully saturated rings. The molecule has 1 rings (SSSR count). The monoisotopic (exact) mass is 183 g/mol. The van der Waals surface area contributed by atoms with E-state index in [-0.39, 0.29) is 11.5 Å². The Morgan fingerprint density at radius 1 is 1.23 bits per heavy atom. The van der Waals surface area contributed by atoms with E-state index in [0.717, 1.165) is 6.08 Å². The van der Waals surface area contributed by atoms with Crippen molar-refractivity contribution in [3.63, 3.8) is 0 Å². The van der Waals surface area contributed by atoms with Gasteiger partial charge in [0.15, 0.2) is 11.5 Å². The first kappa shape index (κ1) is 9.12. The third kappa shape index (κ3) is 2.52. The van der Waals surface area contributed by atoms with E-state index < -0.39 is 5.97 Å². The Kier molecular flexibility index (Phi) is 2.54. The van der Waals surface area contributed by atoms with Gasteiger partial charge in [0.25, 0.3) is 0 Å².